The molecular formula is C22H14Cl4N2O4S. The van der Waals surface area contributed by atoms with Gasteiger partial charge in [-0.25, -0.2) is 4.79 Å². The smallest absolute Gasteiger partial charge is 0.338 e. The molecule has 6 nitrogen and oxygen atoms in total. The summed E-state index contributed by atoms with van der Waals surface area (Å²) in [6.07, 6.45) is 0. The van der Waals surface area contributed by atoms with Crippen molar-refractivity contribution in [3.8, 4) is 0 Å². The molecule has 0 bridgehead atoms. The third-order valence-corrected chi connectivity index (χ3v) is 7.06. The Labute approximate surface area is 213 Å². The molecule has 0 aromatic heterocycles. The highest BCUT2D eigenvalue weighted by Crippen LogP contribution is 2.41. The van der Waals surface area contributed by atoms with E-state index in [1.165, 1.54) is 11.8 Å². The Bertz CT molecular complexity index is 1220. The van der Waals surface area contributed by atoms with E-state index < -0.39 is 23.0 Å². The van der Waals surface area contributed by atoms with Crippen LogP contribution < -0.4 is 10.6 Å². The maximum Gasteiger partial charge on any atom is 0.338 e. The molecule has 0 aliphatic heterocycles. The lowest BCUT2D eigenvalue weighted by atomic mass is 10.1. The van der Waals surface area contributed by atoms with Crippen molar-refractivity contribution in [2.45, 2.75) is 4.90 Å². The van der Waals surface area contributed by atoms with Crippen LogP contribution in [0.3, 0.4) is 0 Å². The Hall–Kier alpha value is -2.42. The first kappa shape index (κ1) is 25.2. The van der Waals surface area contributed by atoms with Crippen LogP contribution in [-0.2, 0) is 4.79 Å². The number of carboxylic acids is 1. The van der Waals surface area contributed by atoms with E-state index >= 15 is 0 Å². The van der Waals surface area contributed by atoms with Crippen molar-refractivity contribution in [2.24, 2.45) is 0 Å². The number of carbonyl (C=O) groups excluding carboxylic acids is 2. The number of hydrogen-bond acceptors (Lipinski definition) is 4. The topological polar surface area (TPSA) is 95.5 Å². The highest BCUT2D eigenvalue weighted by atomic mass is 35.5. The van der Waals surface area contributed by atoms with Crippen LogP contribution in [0.5, 0.6) is 0 Å². The van der Waals surface area contributed by atoms with Gasteiger partial charge in [0.15, 0.2) is 0 Å². The number of para-hydroxylation sites is 1. The summed E-state index contributed by atoms with van der Waals surface area (Å²) < 4.78 is 0. The zero-order chi connectivity index (χ0) is 24.1. The summed E-state index contributed by atoms with van der Waals surface area (Å²) in [6, 6.07) is 15.7. The molecule has 0 saturated carbocycles. The lowest BCUT2D eigenvalue weighted by Gasteiger charge is -2.14. The first-order valence-electron chi connectivity index (χ1n) is 9.17. The Morgan fingerprint density at radius 2 is 1.27 bits per heavy atom. The van der Waals surface area contributed by atoms with Crippen molar-refractivity contribution in [3.05, 3.63) is 85.8 Å². The Kier molecular flexibility index (Phi) is 8.51. The number of carboxylic acid groups (broad SMARTS) is 1. The minimum atomic E-state index is -1.48. The molecule has 3 aromatic rings. The molecule has 0 aliphatic carbocycles. The fraction of sp³-hybridized carbons (Fsp3) is 0.0455. The van der Waals surface area contributed by atoms with Gasteiger partial charge in [0.25, 0.3) is 5.91 Å². The van der Waals surface area contributed by atoms with Crippen molar-refractivity contribution in [1.82, 2.24) is 0 Å². The van der Waals surface area contributed by atoms with Gasteiger partial charge in [0.2, 0.25) is 5.91 Å². The number of rotatable bonds is 7. The summed E-state index contributed by atoms with van der Waals surface area (Å²) in [4.78, 5) is 37.3. The molecule has 33 heavy (non-hydrogen) atoms. The van der Waals surface area contributed by atoms with Gasteiger partial charge in [0, 0.05) is 16.3 Å². The average molecular weight is 544 g/mol. The maximum absolute atomic E-state index is 12.8. The van der Waals surface area contributed by atoms with Crippen LogP contribution in [-0.4, -0.2) is 28.6 Å². The molecule has 3 N–H and O–H groups in total. The molecule has 0 saturated heterocycles. The predicted octanol–water partition coefficient (Wildman–Crippen LogP) is 6.98. The predicted molar refractivity (Wildman–Crippen MR) is 134 cm³/mol. The maximum atomic E-state index is 12.8. The molecular weight excluding hydrogens is 530 g/mol. The van der Waals surface area contributed by atoms with Gasteiger partial charge in [-0.1, -0.05) is 64.6 Å². The summed E-state index contributed by atoms with van der Waals surface area (Å²) >= 11 is 25.3. The number of anilines is 2. The first-order chi connectivity index (χ1) is 15.7. The number of aromatic carboxylic acids is 1. The van der Waals surface area contributed by atoms with E-state index in [0.29, 0.717) is 11.4 Å². The fourth-order valence-electron chi connectivity index (χ4n) is 2.74. The van der Waals surface area contributed by atoms with Crippen LogP contribution in [0, 0.1) is 0 Å². The second-order valence-corrected chi connectivity index (χ2v) is 9.05. The van der Waals surface area contributed by atoms with Gasteiger partial charge in [-0.05, 0) is 36.4 Å². The normalized spacial score (nSPS) is 10.5. The van der Waals surface area contributed by atoms with Crippen LogP contribution in [0.25, 0.3) is 0 Å². The van der Waals surface area contributed by atoms with Gasteiger partial charge in [0.05, 0.1) is 37.0 Å². The highest BCUT2D eigenvalue weighted by molar-refractivity contribution is 8.00. The zero-order valence-corrected chi connectivity index (χ0v) is 20.3. The second-order valence-electron chi connectivity index (χ2n) is 6.49. The molecule has 0 radical (unpaired) electrons. The molecule has 3 aromatic carbocycles. The Morgan fingerprint density at radius 3 is 1.85 bits per heavy atom. The van der Waals surface area contributed by atoms with Crippen molar-refractivity contribution < 1.29 is 19.5 Å². The number of carbonyl (C=O) groups is 3. The van der Waals surface area contributed by atoms with Gasteiger partial charge in [-0.3, -0.25) is 9.59 Å². The van der Waals surface area contributed by atoms with Gasteiger partial charge >= 0.3 is 5.97 Å². The number of amides is 2. The fourth-order valence-corrected chi connectivity index (χ4v) is 4.46. The molecule has 0 aliphatic rings. The Morgan fingerprint density at radius 1 is 0.727 bits per heavy atom. The van der Waals surface area contributed by atoms with E-state index in [1.54, 1.807) is 36.4 Å². The van der Waals surface area contributed by atoms with Crippen LogP contribution in [0.15, 0.2) is 59.5 Å². The third kappa shape index (κ3) is 6.13. The molecule has 2 amide bonds. The van der Waals surface area contributed by atoms with Crippen LogP contribution in [0.1, 0.15) is 20.7 Å². The summed E-state index contributed by atoms with van der Waals surface area (Å²) in [7, 11) is 0. The van der Waals surface area contributed by atoms with E-state index in [0.717, 1.165) is 4.90 Å². The molecule has 0 heterocycles. The molecule has 11 heteroatoms. The summed E-state index contributed by atoms with van der Waals surface area (Å²) in [6.45, 7) is 0. The SMILES string of the molecule is O=C(CSc1ccc(NC(=O)c2c(Cl)c(Cl)c(Cl)c(Cl)c2C(=O)O)cc1)Nc1ccccc1. The number of benzene rings is 3. The standard InChI is InChI=1S/C22H14Cl4N2O4S/c23-17-15(16(22(31)32)18(24)20(26)19(17)25)21(30)28-12-6-8-13(9-7-12)33-10-14(29)27-11-4-2-1-3-5-11/h1-9H,10H2,(H,27,29)(H,28,30)(H,31,32). The summed E-state index contributed by atoms with van der Waals surface area (Å²) in [5.41, 5.74) is 0.125. The van der Waals surface area contributed by atoms with Gasteiger partial charge in [-0.15, -0.1) is 11.8 Å². The molecule has 0 atom stereocenters. The molecule has 0 unspecified atom stereocenters. The van der Waals surface area contributed by atoms with Crippen molar-refractivity contribution >= 4 is 87.3 Å². The lowest BCUT2D eigenvalue weighted by Crippen LogP contribution is -2.18. The van der Waals surface area contributed by atoms with Gasteiger partial charge in [-0.2, -0.15) is 0 Å². The minimum absolute atomic E-state index is 0.157. The van der Waals surface area contributed by atoms with Gasteiger partial charge < -0.3 is 15.7 Å². The number of thioether (sulfide) groups is 1. The van der Waals surface area contributed by atoms with E-state index in [9.17, 15) is 19.5 Å². The number of nitrogens with one attached hydrogen (secondary N) is 2. The van der Waals surface area contributed by atoms with E-state index in [2.05, 4.69) is 10.6 Å². The average Bonchev–Trinajstić information content (AvgIpc) is 2.79. The largest absolute Gasteiger partial charge is 0.478 e. The van der Waals surface area contributed by atoms with Crippen molar-refractivity contribution in [1.29, 1.82) is 0 Å². The molecule has 0 fully saturated rings. The number of halogens is 4. The lowest BCUT2D eigenvalue weighted by molar-refractivity contribution is -0.113. The summed E-state index contributed by atoms with van der Waals surface area (Å²) in [5, 5.41) is 13.6. The van der Waals surface area contributed by atoms with E-state index in [1.807, 2.05) is 18.2 Å². The Balaban J connectivity index is 1.69. The zero-order valence-electron chi connectivity index (χ0n) is 16.5. The van der Waals surface area contributed by atoms with Crippen molar-refractivity contribution in [2.75, 3.05) is 16.4 Å². The third-order valence-electron chi connectivity index (χ3n) is 4.25. The quantitative estimate of drug-likeness (QED) is 0.170. The van der Waals surface area contributed by atoms with Crippen molar-refractivity contribution in [3.63, 3.8) is 0 Å². The van der Waals surface area contributed by atoms with Crippen LogP contribution in [0.2, 0.25) is 20.1 Å². The highest BCUT2D eigenvalue weighted by Gasteiger charge is 2.28. The second kappa shape index (κ2) is 11.1. The number of hydrogen-bond donors (Lipinski definition) is 3. The van der Waals surface area contributed by atoms with Gasteiger partial charge in [0.1, 0.15) is 0 Å². The van der Waals surface area contributed by atoms with E-state index in [-0.39, 0.29) is 31.8 Å². The monoisotopic (exact) mass is 542 g/mol. The molecule has 170 valence electrons. The van der Waals surface area contributed by atoms with E-state index in [4.69, 9.17) is 46.4 Å². The molecule has 0 spiro atoms. The van der Waals surface area contributed by atoms with Crippen LogP contribution >= 0.6 is 58.2 Å². The molecule has 3 rings (SSSR count). The summed E-state index contributed by atoms with van der Waals surface area (Å²) in [5.74, 6) is -2.26. The van der Waals surface area contributed by atoms with Crippen LogP contribution in [0.4, 0.5) is 11.4 Å². The first-order valence-corrected chi connectivity index (χ1v) is 11.7. The minimum Gasteiger partial charge on any atom is -0.478 e.